The number of carboxylic acids is 1. The molecule has 1 N–H and O–H groups in total. The van der Waals surface area contributed by atoms with Gasteiger partial charge in [0.15, 0.2) is 5.65 Å². The molecule has 0 atom stereocenters. The van der Waals surface area contributed by atoms with E-state index < -0.39 is 5.97 Å². The van der Waals surface area contributed by atoms with Crippen LogP contribution < -0.4 is 4.74 Å². The summed E-state index contributed by atoms with van der Waals surface area (Å²) in [5, 5.41) is 10.8. The molecule has 5 rings (SSSR count). The number of benzene rings is 1. The number of nitrogens with zero attached hydrogens (tertiary/aromatic N) is 3. The number of thiazole rings is 1. The first-order valence-corrected chi connectivity index (χ1v) is 12.0. The topological polar surface area (TPSA) is 88.7 Å². The molecule has 3 aromatic heterocycles. The van der Waals surface area contributed by atoms with E-state index in [0.29, 0.717) is 26.7 Å². The van der Waals surface area contributed by atoms with Gasteiger partial charge in [-0.05, 0) is 55.5 Å². The van der Waals surface area contributed by atoms with Crippen molar-refractivity contribution in [2.45, 2.75) is 40.2 Å². The fraction of sp³-hybridized carbons (Fsp3) is 0.400. The summed E-state index contributed by atoms with van der Waals surface area (Å²) in [6.07, 6.45) is 5.75. The number of carboxylic acid groups (broad SMARTS) is 1. The molecular formula is C25H27N3O4S. The molecule has 1 aromatic carbocycles. The lowest BCUT2D eigenvalue weighted by Gasteiger charge is -2.38. The van der Waals surface area contributed by atoms with Crippen LogP contribution in [0.3, 0.4) is 0 Å². The van der Waals surface area contributed by atoms with Gasteiger partial charge in [0.05, 0.1) is 16.5 Å². The van der Waals surface area contributed by atoms with Crippen molar-refractivity contribution in [1.82, 2.24) is 14.9 Å². The first-order chi connectivity index (χ1) is 15.8. The van der Waals surface area contributed by atoms with Crippen LogP contribution in [0.2, 0.25) is 0 Å². The van der Waals surface area contributed by atoms with Gasteiger partial charge in [0.2, 0.25) is 0 Å². The Morgan fingerprint density at radius 3 is 2.79 bits per heavy atom. The predicted molar refractivity (Wildman–Crippen MR) is 128 cm³/mol. The minimum absolute atomic E-state index is 0.171. The van der Waals surface area contributed by atoms with Crippen LogP contribution in [-0.4, -0.2) is 39.0 Å². The maximum atomic E-state index is 11.4. The van der Waals surface area contributed by atoms with Crippen molar-refractivity contribution in [3.8, 4) is 10.9 Å². The molecule has 1 saturated heterocycles. The van der Waals surface area contributed by atoms with Gasteiger partial charge in [0.1, 0.15) is 11.3 Å². The van der Waals surface area contributed by atoms with Crippen LogP contribution in [0.15, 0.2) is 41.1 Å². The number of hydrogen-bond acceptors (Lipinski definition) is 7. The molecule has 1 aliphatic heterocycles. The number of carbonyl (C=O) groups is 1. The summed E-state index contributed by atoms with van der Waals surface area (Å²) >= 11 is 1.17. The molecule has 0 unspecified atom stereocenters. The monoisotopic (exact) mass is 465 g/mol. The Morgan fingerprint density at radius 2 is 2.06 bits per heavy atom. The molecular weight excluding hydrogens is 438 g/mol. The second kappa shape index (κ2) is 8.43. The van der Waals surface area contributed by atoms with Gasteiger partial charge in [-0.15, -0.1) is 0 Å². The van der Waals surface area contributed by atoms with Gasteiger partial charge in [0, 0.05) is 29.8 Å². The summed E-state index contributed by atoms with van der Waals surface area (Å²) < 4.78 is 12.3. The minimum Gasteiger partial charge on any atom is -0.478 e. The van der Waals surface area contributed by atoms with E-state index >= 15 is 0 Å². The van der Waals surface area contributed by atoms with Crippen LogP contribution in [0.25, 0.3) is 21.3 Å². The van der Waals surface area contributed by atoms with E-state index in [1.54, 1.807) is 0 Å². The molecule has 0 saturated carbocycles. The number of pyridine rings is 1. The van der Waals surface area contributed by atoms with E-state index in [9.17, 15) is 9.90 Å². The quantitative estimate of drug-likeness (QED) is 0.376. The number of ether oxygens (including phenoxy) is 1. The highest BCUT2D eigenvalue weighted by molar-refractivity contribution is 7.20. The predicted octanol–water partition coefficient (Wildman–Crippen LogP) is 6.19. The Morgan fingerprint density at radius 1 is 1.27 bits per heavy atom. The Kier molecular flexibility index (Phi) is 5.58. The van der Waals surface area contributed by atoms with Gasteiger partial charge in [0.25, 0.3) is 5.19 Å². The van der Waals surface area contributed by atoms with Crippen LogP contribution in [0.4, 0.5) is 0 Å². The highest BCUT2D eigenvalue weighted by atomic mass is 32.1. The highest BCUT2D eigenvalue weighted by Gasteiger charge is 2.29. The second-order valence-corrected chi connectivity index (χ2v) is 10.7. The molecule has 1 aliphatic rings. The van der Waals surface area contributed by atoms with Crippen LogP contribution in [0, 0.1) is 11.3 Å². The van der Waals surface area contributed by atoms with Crippen molar-refractivity contribution >= 4 is 38.6 Å². The number of aromatic carboxylic acids is 1. The second-order valence-electron chi connectivity index (χ2n) is 9.73. The summed E-state index contributed by atoms with van der Waals surface area (Å²) in [6, 6.07) is 7.22. The summed E-state index contributed by atoms with van der Waals surface area (Å²) in [7, 11) is 0. The largest absolute Gasteiger partial charge is 0.478 e. The minimum atomic E-state index is -1.01. The zero-order valence-electron chi connectivity index (χ0n) is 19.0. The Hall–Kier alpha value is -2.97. The van der Waals surface area contributed by atoms with Crippen molar-refractivity contribution in [3.05, 3.63) is 47.9 Å². The van der Waals surface area contributed by atoms with Crippen molar-refractivity contribution in [3.63, 3.8) is 0 Å². The van der Waals surface area contributed by atoms with Crippen molar-refractivity contribution < 1.29 is 19.1 Å². The van der Waals surface area contributed by atoms with Gasteiger partial charge in [-0.2, -0.15) is 4.98 Å². The standard InChI is InChI=1S/C25H27N3O4S/c1-25(2,3)16-7-10-28(11-8-16)13-15-14-31-20-12-17(4-5-18(15)20)32-24-27-22-21(33-24)19(23(29)30)6-9-26-22/h4-6,9,12,14,16H,7-8,10-11,13H2,1-3H3,(H,29,30). The summed E-state index contributed by atoms with van der Waals surface area (Å²) in [6.45, 7) is 10.1. The maximum Gasteiger partial charge on any atom is 0.337 e. The fourth-order valence-corrected chi connectivity index (χ4v) is 5.47. The molecule has 172 valence electrons. The van der Waals surface area contributed by atoms with Gasteiger partial charge in [-0.1, -0.05) is 32.1 Å². The van der Waals surface area contributed by atoms with Crippen LogP contribution in [0.1, 0.15) is 49.5 Å². The van der Waals surface area contributed by atoms with E-state index in [2.05, 4.69) is 35.6 Å². The SMILES string of the molecule is CC(C)(C)C1CCN(Cc2coc3cc(Oc4nc5nccc(C(=O)O)c5s4)ccc23)CC1. The zero-order chi connectivity index (χ0) is 23.2. The van der Waals surface area contributed by atoms with Crippen molar-refractivity contribution in [2.24, 2.45) is 11.3 Å². The number of likely N-dealkylation sites (tertiary alicyclic amines) is 1. The van der Waals surface area contributed by atoms with Crippen molar-refractivity contribution in [2.75, 3.05) is 13.1 Å². The van der Waals surface area contributed by atoms with Gasteiger partial charge in [-0.3, -0.25) is 4.90 Å². The lowest BCUT2D eigenvalue weighted by Crippen LogP contribution is -2.37. The van der Waals surface area contributed by atoms with E-state index in [0.717, 1.165) is 36.5 Å². The fourth-order valence-electron chi connectivity index (χ4n) is 4.57. The molecule has 0 radical (unpaired) electrons. The number of aromatic nitrogens is 2. The third kappa shape index (κ3) is 4.45. The molecule has 33 heavy (non-hydrogen) atoms. The Labute approximate surface area is 196 Å². The van der Waals surface area contributed by atoms with E-state index in [-0.39, 0.29) is 5.56 Å². The average Bonchev–Trinajstić information content (AvgIpc) is 3.36. The zero-order valence-corrected chi connectivity index (χ0v) is 19.8. The molecule has 0 bridgehead atoms. The first-order valence-electron chi connectivity index (χ1n) is 11.2. The number of piperidine rings is 1. The van der Waals surface area contributed by atoms with Crippen LogP contribution >= 0.6 is 11.3 Å². The van der Waals surface area contributed by atoms with Gasteiger partial charge >= 0.3 is 5.97 Å². The van der Waals surface area contributed by atoms with E-state index in [1.165, 1.54) is 42.0 Å². The van der Waals surface area contributed by atoms with Crippen molar-refractivity contribution in [1.29, 1.82) is 0 Å². The molecule has 8 heteroatoms. The lowest BCUT2D eigenvalue weighted by atomic mass is 9.75. The molecule has 0 spiro atoms. The molecule has 0 amide bonds. The van der Waals surface area contributed by atoms with Gasteiger partial charge in [-0.25, -0.2) is 9.78 Å². The number of rotatable bonds is 5. The third-order valence-corrected chi connectivity index (χ3v) is 7.50. The summed E-state index contributed by atoms with van der Waals surface area (Å²) in [5.74, 6) is 0.355. The molecule has 7 nitrogen and oxygen atoms in total. The maximum absolute atomic E-state index is 11.4. The highest BCUT2D eigenvalue weighted by Crippen LogP contribution is 2.36. The normalized spacial score (nSPS) is 16.0. The van der Waals surface area contributed by atoms with E-state index in [1.807, 2.05) is 24.5 Å². The molecule has 1 fully saturated rings. The number of furan rings is 1. The summed E-state index contributed by atoms with van der Waals surface area (Å²) in [5.41, 5.74) is 2.86. The average molecular weight is 466 g/mol. The first kappa shape index (κ1) is 21.9. The van der Waals surface area contributed by atoms with Gasteiger partial charge < -0.3 is 14.3 Å². The molecule has 0 aliphatic carbocycles. The summed E-state index contributed by atoms with van der Waals surface area (Å²) in [4.78, 5) is 22.4. The lowest BCUT2D eigenvalue weighted by molar-refractivity contribution is 0.0699. The Balaban J connectivity index is 1.30. The van der Waals surface area contributed by atoms with E-state index in [4.69, 9.17) is 9.15 Å². The number of fused-ring (bicyclic) bond motifs is 2. The van der Waals surface area contributed by atoms with Crippen LogP contribution in [-0.2, 0) is 6.54 Å². The number of hydrogen-bond donors (Lipinski definition) is 1. The smallest absolute Gasteiger partial charge is 0.337 e. The third-order valence-electron chi connectivity index (χ3n) is 6.54. The van der Waals surface area contributed by atoms with Crippen LogP contribution in [0.5, 0.6) is 10.9 Å². The molecule has 4 heterocycles. The molecule has 4 aromatic rings. The Bertz CT molecular complexity index is 1310.